The van der Waals surface area contributed by atoms with E-state index in [-0.39, 0.29) is 16.4 Å². The highest BCUT2D eigenvalue weighted by molar-refractivity contribution is 7.90. The number of amides is 1. The topological polar surface area (TPSA) is 106 Å². The summed E-state index contributed by atoms with van der Waals surface area (Å²) in [6.07, 6.45) is 2.87. The number of carbonyl (C=O) groups is 1. The van der Waals surface area contributed by atoms with E-state index in [4.69, 9.17) is 21.1 Å². The van der Waals surface area contributed by atoms with Crippen molar-refractivity contribution < 1.29 is 22.7 Å². The van der Waals surface area contributed by atoms with Gasteiger partial charge in [-0.25, -0.2) is 13.2 Å². The molecule has 0 spiro atoms. The number of sulfone groups is 1. The van der Waals surface area contributed by atoms with Crippen LogP contribution in [0.4, 0.5) is 4.79 Å². The van der Waals surface area contributed by atoms with E-state index in [0.29, 0.717) is 47.3 Å². The van der Waals surface area contributed by atoms with Crippen molar-refractivity contribution in [1.29, 1.82) is 0 Å². The predicted octanol–water partition coefficient (Wildman–Crippen LogP) is 4.00. The Balaban J connectivity index is 1.42. The van der Waals surface area contributed by atoms with Crippen LogP contribution in [0.25, 0.3) is 11.1 Å². The van der Waals surface area contributed by atoms with Gasteiger partial charge in [-0.2, -0.15) is 0 Å². The molecule has 1 aromatic heterocycles. The number of pyridine rings is 1. The Labute approximate surface area is 202 Å². The molecular weight excluding hydrogens is 480 g/mol. The lowest BCUT2D eigenvalue weighted by molar-refractivity contribution is 0.158. The van der Waals surface area contributed by atoms with Crippen LogP contribution in [0.5, 0.6) is 11.5 Å². The third-order valence-corrected chi connectivity index (χ3v) is 6.99. The van der Waals surface area contributed by atoms with Crippen molar-refractivity contribution in [2.24, 2.45) is 5.92 Å². The zero-order chi connectivity index (χ0) is 24.3. The van der Waals surface area contributed by atoms with Crippen LogP contribution in [0.15, 0.2) is 70.5 Å². The summed E-state index contributed by atoms with van der Waals surface area (Å²) in [5, 5.41) is 0.362. The Morgan fingerprint density at radius 3 is 2.56 bits per heavy atom. The number of carbonyl (C=O) groups excluding carboxylic acids is 1. The summed E-state index contributed by atoms with van der Waals surface area (Å²) in [6, 6.07) is 14.5. The normalized spacial score (nSPS) is 15.8. The smallest absolute Gasteiger partial charge is 0.415 e. The number of ether oxygens (including phenoxy) is 2. The van der Waals surface area contributed by atoms with Crippen molar-refractivity contribution >= 4 is 27.5 Å². The number of para-hydroxylation sites is 1. The zero-order valence-electron chi connectivity index (χ0n) is 18.4. The quantitative estimate of drug-likeness (QED) is 0.546. The lowest BCUT2D eigenvalue weighted by Gasteiger charge is -2.17. The lowest BCUT2D eigenvalue weighted by Crippen LogP contribution is -2.32. The number of likely N-dealkylation sites (tertiary alicyclic amines) is 1. The molecule has 0 aliphatic carbocycles. The Morgan fingerprint density at radius 2 is 1.85 bits per heavy atom. The lowest BCUT2D eigenvalue weighted by atomic mass is 10.1. The molecule has 1 aliphatic heterocycles. The van der Waals surface area contributed by atoms with Crippen LogP contribution >= 0.6 is 11.6 Å². The van der Waals surface area contributed by atoms with Crippen LogP contribution in [0, 0.1) is 5.92 Å². The Hall–Kier alpha value is -3.30. The molecule has 10 heteroatoms. The first-order chi connectivity index (χ1) is 16.2. The molecule has 0 saturated carbocycles. The van der Waals surface area contributed by atoms with Crippen molar-refractivity contribution in [3.05, 3.63) is 76.2 Å². The molecule has 0 radical (unpaired) electrons. The van der Waals surface area contributed by atoms with Crippen LogP contribution in [0.1, 0.15) is 6.42 Å². The van der Waals surface area contributed by atoms with E-state index >= 15 is 0 Å². The molecule has 4 rings (SSSR count). The summed E-state index contributed by atoms with van der Waals surface area (Å²) >= 11 is 6.06. The van der Waals surface area contributed by atoms with Gasteiger partial charge in [0.25, 0.3) is 5.56 Å². The molecule has 2 aromatic carbocycles. The molecule has 1 saturated heterocycles. The van der Waals surface area contributed by atoms with Gasteiger partial charge in [-0.1, -0.05) is 35.9 Å². The predicted molar refractivity (Wildman–Crippen MR) is 128 cm³/mol. The first-order valence-corrected chi connectivity index (χ1v) is 12.9. The van der Waals surface area contributed by atoms with Crippen molar-refractivity contribution in [2.75, 3.05) is 26.0 Å². The molecule has 178 valence electrons. The van der Waals surface area contributed by atoms with E-state index in [1.807, 2.05) is 0 Å². The largest absolute Gasteiger partial charge is 0.492 e. The summed E-state index contributed by atoms with van der Waals surface area (Å²) in [5.41, 5.74) is 0.511. The second kappa shape index (κ2) is 9.90. The van der Waals surface area contributed by atoms with Crippen molar-refractivity contribution in [2.45, 2.75) is 11.3 Å². The van der Waals surface area contributed by atoms with Crippen molar-refractivity contribution in [3.63, 3.8) is 0 Å². The number of H-pyrrole nitrogens is 1. The van der Waals surface area contributed by atoms with Crippen LogP contribution in [0.3, 0.4) is 0 Å². The highest BCUT2D eigenvalue weighted by Crippen LogP contribution is 2.29. The van der Waals surface area contributed by atoms with E-state index in [1.54, 1.807) is 47.4 Å². The standard InChI is InChI=1S/C24H23ClN2O6S/c1-34(30,31)18-8-6-17(7-9-18)22-21(10-12-26-23(22)28)32-15-16-11-13-27(14-16)24(29)33-20-5-3-2-4-19(20)25/h2-10,12,16H,11,13-15H2,1H3,(H,26,28). The van der Waals surface area contributed by atoms with Crippen LogP contribution in [0.2, 0.25) is 5.02 Å². The minimum absolute atomic E-state index is 0.0542. The number of nitrogens with zero attached hydrogens (tertiary/aromatic N) is 1. The average Bonchev–Trinajstić information content (AvgIpc) is 3.28. The second-order valence-electron chi connectivity index (χ2n) is 8.05. The van der Waals surface area contributed by atoms with Gasteiger partial charge in [-0.05, 0) is 42.3 Å². The molecule has 1 fully saturated rings. The number of halogens is 1. The Kier molecular flexibility index (Phi) is 6.95. The van der Waals surface area contributed by atoms with Gasteiger partial charge in [0.2, 0.25) is 0 Å². The molecule has 3 aromatic rings. The molecule has 34 heavy (non-hydrogen) atoms. The van der Waals surface area contributed by atoms with E-state index in [1.165, 1.54) is 18.3 Å². The number of aromatic amines is 1. The van der Waals surface area contributed by atoms with Gasteiger partial charge in [0, 0.05) is 31.5 Å². The highest BCUT2D eigenvalue weighted by Gasteiger charge is 2.29. The van der Waals surface area contributed by atoms with Gasteiger partial charge in [0.05, 0.1) is 22.1 Å². The summed E-state index contributed by atoms with van der Waals surface area (Å²) in [4.78, 5) is 29.4. The van der Waals surface area contributed by atoms with Crippen LogP contribution < -0.4 is 15.0 Å². The number of rotatable bonds is 6. The molecule has 8 nitrogen and oxygen atoms in total. The number of hydrogen-bond acceptors (Lipinski definition) is 6. The fourth-order valence-electron chi connectivity index (χ4n) is 3.75. The second-order valence-corrected chi connectivity index (χ2v) is 10.5. The van der Waals surface area contributed by atoms with E-state index in [9.17, 15) is 18.0 Å². The maximum absolute atomic E-state index is 12.5. The molecule has 2 heterocycles. The molecule has 1 aliphatic rings. The van der Waals surface area contributed by atoms with Crippen molar-refractivity contribution in [1.82, 2.24) is 9.88 Å². The first-order valence-electron chi connectivity index (χ1n) is 10.6. The fraction of sp³-hybridized carbons (Fsp3) is 0.250. The van der Waals surface area contributed by atoms with E-state index in [2.05, 4.69) is 4.98 Å². The number of aromatic nitrogens is 1. The van der Waals surface area contributed by atoms with Crippen LogP contribution in [-0.4, -0.2) is 50.3 Å². The zero-order valence-corrected chi connectivity index (χ0v) is 19.9. The Bertz CT molecular complexity index is 1350. The van der Waals surface area contributed by atoms with E-state index in [0.717, 1.165) is 12.7 Å². The Morgan fingerprint density at radius 1 is 1.12 bits per heavy atom. The van der Waals surface area contributed by atoms with Gasteiger partial charge in [-0.15, -0.1) is 0 Å². The molecule has 0 bridgehead atoms. The van der Waals surface area contributed by atoms with Crippen LogP contribution in [-0.2, 0) is 9.84 Å². The van der Waals surface area contributed by atoms with Gasteiger partial charge in [0.1, 0.15) is 5.75 Å². The maximum Gasteiger partial charge on any atom is 0.415 e. The third kappa shape index (κ3) is 5.43. The molecule has 1 N–H and O–H groups in total. The van der Waals surface area contributed by atoms with Gasteiger partial charge in [0.15, 0.2) is 15.6 Å². The minimum Gasteiger partial charge on any atom is -0.492 e. The fourth-order valence-corrected chi connectivity index (χ4v) is 4.56. The molecule has 1 unspecified atom stereocenters. The first kappa shape index (κ1) is 23.8. The van der Waals surface area contributed by atoms with E-state index < -0.39 is 15.9 Å². The number of hydrogen-bond donors (Lipinski definition) is 1. The number of benzene rings is 2. The summed E-state index contributed by atoms with van der Waals surface area (Å²) in [7, 11) is -3.35. The third-order valence-electron chi connectivity index (χ3n) is 5.55. The monoisotopic (exact) mass is 502 g/mol. The van der Waals surface area contributed by atoms with Gasteiger partial charge < -0.3 is 19.4 Å². The summed E-state index contributed by atoms with van der Waals surface area (Å²) in [6.45, 7) is 1.27. The van der Waals surface area contributed by atoms with Crippen molar-refractivity contribution in [3.8, 4) is 22.6 Å². The molecular formula is C24H23ClN2O6S. The molecule has 1 amide bonds. The summed E-state index contributed by atoms with van der Waals surface area (Å²) < 4.78 is 34.8. The summed E-state index contributed by atoms with van der Waals surface area (Å²) in [5.74, 6) is 0.746. The number of nitrogens with one attached hydrogen (secondary N) is 1. The molecule has 1 atom stereocenters. The van der Waals surface area contributed by atoms with Gasteiger partial charge >= 0.3 is 6.09 Å². The SMILES string of the molecule is CS(=O)(=O)c1ccc(-c2c(OCC3CCN(C(=O)Oc4ccccc4Cl)C3)cc[nH]c2=O)cc1. The average molecular weight is 503 g/mol. The van der Waals surface area contributed by atoms with Gasteiger partial charge in [-0.3, -0.25) is 4.79 Å². The minimum atomic E-state index is -3.35. The highest BCUT2D eigenvalue weighted by atomic mass is 35.5. The maximum atomic E-state index is 12.5.